The lowest BCUT2D eigenvalue weighted by atomic mass is 10.0. The zero-order valence-electron chi connectivity index (χ0n) is 17.5. The van der Waals surface area contributed by atoms with Gasteiger partial charge in [-0.2, -0.15) is 0 Å². The van der Waals surface area contributed by atoms with Crippen molar-refractivity contribution in [3.8, 4) is 5.75 Å². The fourth-order valence-electron chi connectivity index (χ4n) is 3.40. The molecule has 29 heavy (non-hydrogen) atoms. The van der Waals surface area contributed by atoms with Gasteiger partial charge in [0, 0.05) is 19.3 Å². The van der Waals surface area contributed by atoms with Gasteiger partial charge in [-0.05, 0) is 55.2 Å². The van der Waals surface area contributed by atoms with E-state index >= 15 is 0 Å². The number of rotatable bonds is 6. The van der Waals surface area contributed by atoms with E-state index in [0.29, 0.717) is 23.7 Å². The summed E-state index contributed by atoms with van der Waals surface area (Å²) < 4.78 is 6.95. The Morgan fingerprint density at radius 2 is 1.76 bits per heavy atom. The number of carbonyl (C=O) groups excluding carboxylic acids is 1. The second-order valence-corrected chi connectivity index (χ2v) is 8.21. The highest BCUT2D eigenvalue weighted by atomic mass is 32.1. The Bertz CT molecular complexity index is 1080. The van der Waals surface area contributed by atoms with Crippen LogP contribution in [0.4, 0.5) is 0 Å². The van der Waals surface area contributed by atoms with Crippen LogP contribution in [0, 0.1) is 20.8 Å². The van der Waals surface area contributed by atoms with Crippen molar-refractivity contribution in [1.29, 1.82) is 0 Å². The van der Waals surface area contributed by atoms with E-state index in [1.54, 1.807) is 23.6 Å². The number of hydrogen-bond donors (Lipinski definition) is 0. The number of aromatic nitrogens is 1. The third kappa shape index (κ3) is 4.43. The van der Waals surface area contributed by atoms with Crippen LogP contribution >= 0.6 is 11.3 Å². The number of hydrogen-bond acceptors (Lipinski definition) is 4. The van der Waals surface area contributed by atoms with Crippen LogP contribution in [0.15, 0.2) is 47.3 Å². The topological polar surface area (TPSA) is 51.5 Å². The molecule has 0 aliphatic heterocycles. The summed E-state index contributed by atoms with van der Waals surface area (Å²) in [5, 5.41) is 0. The molecule has 1 heterocycles. The zero-order chi connectivity index (χ0) is 21.1. The van der Waals surface area contributed by atoms with Crippen molar-refractivity contribution in [3.63, 3.8) is 0 Å². The molecule has 6 heteroatoms. The van der Waals surface area contributed by atoms with Gasteiger partial charge < -0.3 is 9.64 Å². The molecule has 0 radical (unpaired) electrons. The van der Waals surface area contributed by atoms with Crippen LogP contribution in [0.25, 0.3) is 0 Å². The van der Waals surface area contributed by atoms with Crippen molar-refractivity contribution >= 4 is 17.2 Å². The molecule has 2 aromatic carbocycles. The minimum Gasteiger partial charge on any atom is -0.497 e. The number of amides is 1. The molecular formula is C23H26N2O3S. The first-order chi connectivity index (χ1) is 13.8. The lowest BCUT2D eigenvalue weighted by molar-refractivity contribution is 0.0788. The molecule has 5 nitrogen and oxygen atoms in total. The zero-order valence-corrected chi connectivity index (χ0v) is 18.3. The second-order valence-electron chi connectivity index (χ2n) is 7.25. The van der Waals surface area contributed by atoms with E-state index < -0.39 is 0 Å². The standard InChI is InChI=1S/C23H26N2O3S/c1-15-8-6-9-16(2)20(15)14-25-17(3)21(29-23(25)27)22(26)24(4)13-18-10-7-11-19(12-18)28-5/h6-12H,13-14H2,1-5H3. The molecule has 3 aromatic rings. The molecule has 0 fully saturated rings. The molecule has 0 spiro atoms. The molecular weight excluding hydrogens is 384 g/mol. The minimum atomic E-state index is -0.146. The molecule has 0 aliphatic rings. The van der Waals surface area contributed by atoms with Crippen LogP contribution in [0.3, 0.4) is 0 Å². The van der Waals surface area contributed by atoms with Crippen LogP contribution in [0.5, 0.6) is 5.75 Å². The molecule has 0 bridgehead atoms. The van der Waals surface area contributed by atoms with Crippen LogP contribution in [0.1, 0.15) is 37.6 Å². The molecule has 0 unspecified atom stereocenters. The van der Waals surface area contributed by atoms with Gasteiger partial charge in [-0.1, -0.05) is 41.7 Å². The van der Waals surface area contributed by atoms with Crippen molar-refractivity contribution in [1.82, 2.24) is 9.47 Å². The van der Waals surface area contributed by atoms with Crippen LogP contribution < -0.4 is 9.61 Å². The van der Waals surface area contributed by atoms with E-state index in [4.69, 9.17) is 4.74 Å². The van der Waals surface area contributed by atoms with Crippen LogP contribution in [0.2, 0.25) is 0 Å². The first kappa shape index (κ1) is 20.9. The molecule has 0 N–H and O–H groups in total. The van der Waals surface area contributed by atoms with E-state index in [2.05, 4.69) is 0 Å². The Labute approximate surface area is 175 Å². The van der Waals surface area contributed by atoms with Crippen molar-refractivity contribution in [2.75, 3.05) is 14.2 Å². The van der Waals surface area contributed by atoms with Crippen LogP contribution in [-0.4, -0.2) is 29.5 Å². The summed E-state index contributed by atoms with van der Waals surface area (Å²) in [5.41, 5.74) is 5.10. The highest BCUT2D eigenvalue weighted by molar-refractivity contribution is 7.11. The fourth-order valence-corrected chi connectivity index (χ4v) is 4.39. The second kappa shape index (κ2) is 8.66. The van der Waals surface area contributed by atoms with Gasteiger partial charge in [0.05, 0.1) is 13.7 Å². The van der Waals surface area contributed by atoms with E-state index in [-0.39, 0.29) is 10.8 Å². The summed E-state index contributed by atoms with van der Waals surface area (Å²) >= 11 is 1.02. The van der Waals surface area contributed by atoms with E-state index in [0.717, 1.165) is 39.3 Å². The Morgan fingerprint density at radius 3 is 2.41 bits per heavy atom. The van der Waals surface area contributed by atoms with Gasteiger partial charge in [0.1, 0.15) is 10.6 Å². The molecule has 0 saturated heterocycles. The fraction of sp³-hybridized carbons (Fsp3) is 0.304. The number of aryl methyl sites for hydroxylation is 2. The first-order valence-corrected chi connectivity index (χ1v) is 10.3. The third-order valence-corrected chi connectivity index (χ3v) is 6.27. The van der Waals surface area contributed by atoms with Gasteiger partial charge in [0.15, 0.2) is 0 Å². The highest BCUT2D eigenvalue weighted by Crippen LogP contribution is 2.20. The third-order valence-electron chi connectivity index (χ3n) is 5.20. The number of nitrogens with zero attached hydrogens (tertiary/aromatic N) is 2. The maximum Gasteiger partial charge on any atom is 0.308 e. The van der Waals surface area contributed by atoms with Crippen molar-refractivity contribution < 1.29 is 9.53 Å². The Morgan fingerprint density at radius 1 is 1.10 bits per heavy atom. The molecule has 1 amide bonds. The largest absolute Gasteiger partial charge is 0.497 e. The van der Waals surface area contributed by atoms with Crippen LogP contribution in [-0.2, 0) is 13.1 Å². The Hall–Kier alpha value is -2.86. The molecule has 3 rings (SSSR count). The van der Waals surface area contributed by atoms with Gasteiger partial charge in [0.2, 0.25) is 0 Å². The Kier molecular flexibility index (Phi) is 6.23. The van der Waals surface area contributed by atoms with Gasteiger partial charge in [0.25, 0.3) is 5.91 Å². The van der Waals surface area contributed by atoms with Gasteiger partial charge in [-0.15, -0.1) is 0 Å². The van der Waals surface area contributed by atoms with E-state index in [1.807, 2.05) is 63.2 Å². The normalized spacial score (nSPS) is 10.8. The van der Waals surface area contributed by atoms with E-state index in [9.17, 15) is 9.59 Å². The summed E-state index contributed by atoms with van der Waals surface area (Å²) in [6.07, 6.45) is 0. The Balaban J connectivity index is 1.85. The summed E-state index contributed by atoms with van der Waals surface area (Å²) in [5.74, 6) is 0.608. The number of methoxy groups -OCH3 is 1. The average molecular weight is 411 g/mol. The summed E-state index contributed by atoms with van der Waals surface area (Å²) in [7, 11) is 3.37. The smallest absolute Gasteiger partial charge is 0.308 e. The van der Waals surface area contributed by atoms with Gasteiger partial charge in [-0.25, -0.2) is 0 Å². The van der Waals surface area contributed by atoms with Gasteiger partial charge >= 0.3 is 4.87 Å². The summed E-state index contributed by atoms with van der Waals surface area (Å²) in [6.45, 7) is 6.86. The quantitative estimate of drug-likeness (QED) is 0.613. The summed E-state index contributed by atoms with van der Waals surface area (Å²) in [6, 6.07) is 13.7. The maximum atomic E-state index is 13.0. The number of carbonyl (C=O) groups is 1. The lowest BCUT2D eigenvalue weighted by Crippen LogP contribution is -2.26. The minimum absolute atomic E-state index is 0.108. The SMILES string of the molecule is COc1cccc(CN(C)C(=O)c2sc(=O)n(Cc3c(C)cccc3C)c2C)c1. The molecule has 0 aliphatic carbocycles. The highest BCUT2D eigenvalue weighted by Gasteiger charge is 2.21. The summed E-state index contributed by atoms with van der Waals surface area (Å²) in [4.78, 5) is 27.7. The van der Waals surface area contributed by atoms with Crippen molar-refractivity contribution in [2.24, 2.45) is 0 Å². The number of benzene rings is 2. The lowest BCUT2D eigenvalue weighted by Gasteiger charge is -2.17. The predicted octanol–water partition coefficient (Wildman–Crippen LogP) is 4.16. The van der Waals surface area contributed by atoms with Crippen molar-refractivity contribution in [3.05, 3.63) is 85.0 Å². The first-order valence-electron chi connectivity index (χ1n) is 9.45. The van der Waals surface area contributed by atoms with E-state index in [1.165, 1.54) is 0 Å². The van der Waals surface area contributed by atoms with Crippen molar-refractivity contribution in [2.45, 2.75) is 33.9 Å². The molecule has 1 aromatic heterocycles. The molecule has 0 atom stereocenters. The maximum absolute atomic E-state index is 13.0. The monoisotopic (exact) mass is 410 g/mol. The number of ether oxygens (including phenoxy) is 1. The molecule has 152 valence electrons. The molecule has 0 saturated carbocycles. The predicted molar refractivity (Wildman–Crippen MR) is 117 cm³/mol. The average Bonchev–Trinajstić information content (AvgIpc) is 2.98. The number of thiazole rings is 1. The van der Waals surface area contributed by atoms with Gasteiger partial charge in [-0.3, -0.25) is 14.2 Å².